The molecular formula is C20H17N5O3S. The number of carbonyl (C=O) groups is 2. The molecule has 2 aromatic heterocycles. The zero-order valence-electron chi connectivity index (χ0n) is 15.7. The number of H-pyrrole nitrogens is 1. The van der Waals surface area contributed by atoms with E-state index in [1.165, 1.54) is 18.9 Å². The van der Waals surface area contributed by atoms with E-state index < -0.39 is 5.97 Å². The molecule has 0 spiro atoms. The van der Waals surface area contributed by atoms with Gasteiger partial charge in [-0.2, -0.15) is 0 Å². The first-order chi connectivity index (χ1) is 14.0. The van der Waals surface area contributed by atoms with Crippen LogP contribution in [0.1, 0.15) is 15.9 Å². The fourth-order valence-corrected chi connectivity index (χ4v) is 3.45. The zero-order valence-corrected chi connectivity index (χ0v) is 16.5. The number of rotatable bonds is 5. The Balaban J connectivity index is 1.41. The van der Waals surface area contributed by atoms with E-state index in [1.54, 1.807) is 24.3 Å². The number of benzene rings is 2. The van der Waals surface area contributed by atoms with Gasteiger partial charge in [0.25, 0.3) is 0 Å². The molecule has 0 unspecified atom stereocenters. The van der Waals surface area contributed by atoms with Gasteiger partial charge in [-0.15, -0.1) is 10.2 Å². The van der Waals surface area contributed by atoms with E-state index in [9.17, 15) is 9.59 Å². The highest BCUT2D eigenvalue weighted by Crippen LogP contribution is 2.24. The predicted molar refractivity (Wildman–Crippen MR) is 111 cm³/mol. The van der Waals surface area contributed by atoms with Gasteiger partial charge >= 0.3 is 5.97 Å². The average molecular weight is 407 g/mol. The molecule has 0 atom stereocenters. The third kappa shape index (κ3) is 4.04. The fraction of sp³-hybridized carbons (Fsp3) is 0.150. The molecule has 2 aromatic carbocycles. The van der Waals surface area contributed by atoms with Gasteiger partial charge in [0.05, 0.1) is 18.4 Å². The van der Waals surface area contributed by atoms with Gasteiger partial charge in [0.1, 0.15) is 5.52 Å². The topological polar surface area (TPSA) is 110 Å². The van der Waals surface area contributed by atoms with Crippen LogP contribution < -0.4 is 5.32 Å². The number of ether oxygens (including phenoxy) is 1. The van der Waals surface area contributed by atoms with Crippen molar-refractivity contribution in [3.05, 3.63) is 53.6 Å². The second-order valence-electron chi connectivity index (χ2n) is 6.37. The van der Waals surface area contributed by atoms with E-state index in [0.29, 0.717) is 27.6 Å². The molecule has 2 N–H and O–H groups in total. The maximum atomic E-state index is 12.2. The Morgan fingerprint density at radius 3 is 2.69 bits per heavy atom. The number of aromatic amines is 1. The fourth-order valence-electron chi connectivity index (χ4n) is 2.87. The number of nitrogens with one attached hydrogen (secondary N) is 2. The molecule has 0 radical (unpaired) electrons. The summed E-state index contributed by atoms with van der Waals surface area (Å²) >= 11 is 1.20. The van der Waals surface area contributed by atoms with E-state index in [-0.39, 0.29) is 11.7 Å². The molecule has 0 saturated carbocycles. The van der Waals surface area contributed by atoms with Crippen molar-refractivity contribution in [3.8, 4) is 0 Å². The van der Waals surface area contributed by atoms with Crippen molar-refractivity contribution < 1.29 is 14.3 Å². The lowest BCUT2D eigenvalue weighted by atomic mass is 10.2. The van der Waals surface area contributed by atoms with Crippen molar-refractivity contribution >= 4 is 51.4 Å². The van der Waals surface area contributed by atoms with E-state index >= 15 is 0 Å². The van der Waals surface area contributed by atoms with Gasteiger partial charge in [0.2, 0.25) is 11.1 Å². The quantitative estimate of drug-likeness (QED) is 0.386. The largest absolute Gasteiger partial charge is 0.465 e. The van der Waals surface area contributed by atoms with Crippen LogP contribution in [0, 0.1) is 6.92 Å². The van der Waals surface area contributed by atoms with Crippen molar-refractivity contribution in [3.63, 3.8) is 0 Å². The molecule has 0 bridgehead atoms. The lowest BCUT2D eigenvalue weighted by Crippen LogP contribution is -2.14. The van der Waals surface area contributed by atoms with Gasteiger partial charge in [-0.25, -0.2) is 9.78 Å². The molecule has 4 aromatic rings. The molecule has 0 aliphatic carbocycles. The molecule has 146 valence electrons. The number of aromatic nitrogens is 4. The Morgan fingerprint density at radius 1 is 1.14 bits per heavy atom. The summed E-state index contributed by atoms with van der Waals surface area (Å²) in [5.41, 5.74) is 4.44. The first-order valence-corrected chi connectivity index (χ1v) is 9.76. The number of thioether (sulfide) groups is 1. The summed E-state index contributed by atoms with van der Waals surface area (Å²) in [4.78, 5) is 31.3. The molecule has 2 heterocycles. The van der Waals surface area contributed by atoms with Crippen molar-refractivity contribution in [2.75, 3.05) is 18.2 Å². The van der Waals surface area contributed by atoms with E-state index in [2.05, 4.69) is 30.2 Å². The minimum absolute atomic E-state index is 0.130. The Hall–Kier alpha value is -3.46. The number of hydrogen-bond acceptors (Lipinski definition) is 7. The van der Waals surface area contributed by atoms with E-state index in [1.807, 2.05) is 25.1 Å². The number of amides is 1. The molecule has 4 rings (SSSR count). The maximum absolute atomic E-state index is 12.2. The first-order valence-electron chi connectivity index (χ1n) is 8.77. The number of aryl methyl sites for hydroxylation is 1. The summed E-state index contributed by atoms with van der Waals surface area (Å²) in [6.45, 7) is 2.02. The van der Waals surface area contributed by atoms with Crippen LogP contribution in [-0.4, -0.2) is 44.9 Å². The van der Waals surface area contributed by atoms with Gasteiger partial charge in [-0.05, 0) is 43.3 Å². The summed E-state index contributed by atoms with van der Waals surface area (Å²) in [6, 6.07) is 12.5. The lowest BCUT2D eigenvalue weighted by Gasteiger charge is -2.05. The Morgan fingerprint density at radius 2 is 1.93 bits per heavy atom. The average Bonchev–Trinajstić information content (AvgIpc) is 3.09. The monoisotopic (exact) mass is 407 g/mol. The highest BCUT2D eigenvalue weighted by atomic mass is 32.2. The molecule has 8 nitrogen and oxygen atoms in total. The Labute approximate surface area is 170 Å². The van der Waals surface area contributed by atoms with Crippen LogP contribution in [0.2, 0.25) is 0 Å². The number of methoxy groups -OCH3 is 1. The summed E-state index contributed by atoms with van der Waals surface area (Å²) < 4.78 is 4.65. The number of carbonyl (C=O) groups excluding carboxylic acids is 2. The summed E-state index contributed by atoms with van der Waals surface area (Å²) in [5.74, 6) is -0.506. The van der Waals surface area contributed by atoms with Gasteiger partial charge in [0, 0.05) is 16.6 Å². The van der Waals surface area contributed by atoms with Crippen LogP contribution in [0.15, 0.2) is 47.6 Å². The Kier molecular flexibility index (Phi) is 5.13. The summed E-state index contributed by atoms with van der Waals surface area (Å²) in [6.07, 6.45) is 0. The second kappa shape index (κ2) is 7.88. The van der Waals surface area contributed by atoms with Crippen molar-refractivity contribution in [2.45, 2.75) is 12.1 Å². The molecule has 0 aliphatic heterocycles. The van der Waals surface area contributed by atoms with Gasteiger partial charge in [-0.1, -0.05) is 23.4 Å². The van der Waals surface area contributed by atoms with Crippen LogP contribution in [0.4, 0.5) is 5.69 Å². The highest BCUT2D eigenvalue weighted by molar-refractivity contribution is 7.99. The molecule has 0 aliphatic rings. The zero-order chi connectivity index (χ0) is 20.4. The SMILES string of the molecule is COC(=O)c1ccc(NC(=O)CSc2nnc3c(n2)[nH]c2ccc(C)cc23)cc1. The second-order valence-corrected chi connectivity index (χ2v) is 7.31. The smallest absolute Gasteiger partial charge is 0.337 e. The van der Waals surface area contributed by atoms with Crippen LogP contribution in [0.25, 0.3) is 22.1 Å². The van der Waals surface area contributed by atoms with Crippen molar-refractivity contribution in [2.24, 2.45) is 0 Å². The summed E-state index contributed by atoms with van der Waals surface area (Å²) in [5, 5.41) is 12.6. The van der Waals surface area contributed by atoms with Crippen LogP contribution in [-0.2, 0) is 9.53 Å². The van der Waals surface area contributed by atoms with Gasteiger partial charge < -0.3 is 15.0 Å². The highest BCUT2D eigenvalue weighted by Gasteiger charge is 2.12. The van der Waals surface area contributed by atoms with Crippen LogP contribution in [0.3, 0.4) is 0 Å². The minimum atomic E-state index is -0.425. The molecular weight excluding hydrogens is 390 g/mol. The number of anilines is 1. The van der Waals surface area contributed by atoms with Crippen molar-refractivity contribution in [1.29, 1.82) is 0 Å². The third-order valence-corrected chi connectivity index (χ3v) is 5.11. The maximum Gasteiger partial charge on any atom is 0.337 e. The molecule has 0 fully saturated rings. The minimum Gasteiger partial charge on any atom is -0.465 e. The van der Waals surface area contributed by atoms with E-state index in [4.69, 9.17) is 0 Å². The van der Waals surface area contributed by atoms with Crippen LogP contribution >= 0.6 is 11.8 Å². The first kappa shape index (κ1) is 18.9. The van der Waals surface area contributed by atoms with Crippen LogP contribution in [0.5, 0.6) is 0 Å². The van der Waals surface area contributed by atoms with Gasteiger partial charge in [-0.3, -0.25) is 4.79 Å². The molecule has 29 heavy (non-hydrogen) atoms. The lowest BCUT2D eigenvalue weighted by molar-refractivity contribution is -0.113. The normalized spacial score (nSPS) is 11.0. The number of fused-ring (bicyclic) bond motifs is 3. The predicted octanol–water partition coefficient (Wildman–Crippen LogP) is 3.33. The van der Waals surface area contributed by atoms with Gasteiger partial charge in [0.15, 0.2) is 5.65 Å². The molecule has 0 saturated heterocycles. The number of nitrogens with zero attached hydrogens (tertiary/aromatic N) is 3. The standard InChI is InChI=1S/C20H17N5O3S/c1-11-3-8-15-14(9-11)17-18(22-15)23-20(25-24-17)29-10-16(26)21-13-6-4-12(5-7-13)19(27)28-2/h3-9H,10H2,1-2H3,(H,21,26)(H,22,23,25). The molecule has 1 amide bonds. The van der Waals surface area contributed by atoms with E-state index in [0.717, 1.165) is 16.5 Å². The molecule has 9 heteroatoms. The number of esters is 1. The number of hydrogen-bond donors (Lipinski definition) is 2. The third-order valence-electron chi connectivity index (χ3n) is 4.27. The summed E-state index contributed by atoms with van der Waals surface area (Å²) in [7, 11) is 1.32. The Bertz CT molecular complexity index is 1220. The van der Waals surface area contributed by atoms with Crippen molar-refractivity contribution in [1.82, 2.24) is 20.2 Å².